The number of ether oxygens (including phenoxy) is 1. The summed E-state index contributed by atoms with van der Waals surface area (Å²) in [6.07, 6.45) is -0.676. The molecule has 22 heavy (non-hydrogen) atoms. The molecule has 1 rings (SSSR count). The van der Waals surface area contributed by atoms with Crippen molar-refractivity contribution in [3.63, 3.8) is 0 Å². The Kier molecular flexibility index (Phi) is 6.50. The number of carbonyl (C=O) groups excluding carboxylic acids is 1. The van der Waals surface area contributed by atoms with E-state index in [9.17, 15) is 9.59 Å². The highest BCUT2D eigenvalue weighted by molar-refractivity contribution is 6.42. The van der Waals surface area contributed by atoms with E-state index in [-0.39, 0.29) is 12.8 Å². The second kappa shape index (κ2) is 7.70. The van der Waals surface area contributed by atoms with Gasteiger partial charge in [0.05, 0.1) is 16.5 Å². The van der Waals surface area contributed by atoms with Crippen LogP contribution in [0.4, 0.5) is 4.79 Å². The third-order valence-corrected chi connectivity index (χ3v) is 3.50. The van der Waals surface area contributed by atoms with Crippen LogP contribution in [0.25, 0.3) is 0 Å². The second-order valence-corrected chi connectivity index (χ2v) is 6.64. The summed E-state index contributed by atoms with van der Waals surface area (Å²) in [6.45, 7) is 5.19. The van der Waals surface area contributed by atoms with Gasteiger partial charge in [0.1, 0.15) is 5.60 Å². The van der Waals surface area contributed by atoms with E-state index < -0.39 is 23.7 Å². The van der Waals surface area contributed by atoms with Crippen LogP contribution >= 0.6 is 23.2 Å². The first-order valence-corrected chi connectivity index (χ1v) is 7.48. The molecule has 1 atom stereocenters. The Hall–Kier alpha value is -1.46. The Morgan fingerprint density at radius 1 is 1.32 bits per heavy atom. The molecule has 1 aromatic carbocycles. The number of hydrogen-bond donors (Lipinski definition) is 2. The van der Waals surface area contributed by atoms with Crippen molar-refractivity contribution in [2.75, 3.05) is 0 Å². The lowest BCUT2D eigenvalue weighted by Crippen LogP contribution is -2.41. The van der Waals surface area contributed by atoms with Crippen molar-refractivity contribution in [3.8, 4) is 0 Å². The first-order valence-electron chi connectivity index (χ1n) is 6.72. The molecule has 122 valence electrons. The van der Waals surface area contributed by atoms with Crippen LogP contribution in [0.3, 0.4) is 0 Å². The van der Waals surface area contributed by atoms with Crippen molar-refractivity contribution < 1.29 is 19.4 Å². The molecule has 0 radical (unpaired) electrons. The van der Waals surface area contributed by atoms with Gasteiger partial charge >= 0.3 is 12.1 Å². The van der Waals surface area contributed by atoms with Crippen molar-refractivity contribution in [1.82, 2.24) is 5.32 Å². The number of hydrogen-bond acceptors (Lipinski definition) is 3. The topological polar surface area (TPSA) is 75.6 Å². The Labute approximate surface area is 139 Å². The third-order valence-electron chi connectivity index (χ3n) is 2.64. The number of carbonyl (C=O) groups is 2. The molecule has 0 fully saturated rings. The number of alkyl carbamates (subject to hydrolysis) is 1. The van der Waals surface area contributed by atoms with Gasteiger partial charge in [0.15, 0.2) is 0 Å². The lowest BCUT2D eigenvalue weighted by atomic mass is 10.0. The highest BCUT2D eigenvalue weighted by Gasteiger charge is 2.22. The maximum absolute atomic E-state index is 11.8. The van der Waals surface area contributed by atoms with Crippen LogP contribution < -0.4 is 5.32 Å². The zero-order valence-electron chi connectivity index (χ0n) is 12.7. The molecular formula is C15H19Cl2NO4. The fourth-order valence-electron chi connectivity index (χ4n) is 1.83. The number of carboxylic acid groups (broad SMARTS) is 1. The van der Waals surface area contributed by atoms with E-state index in [1.807, 2.05) is 0 Å². The Bertz CT molecular complexity index is 555. The van der Waals surface area contributed by atoms with E-state index >= 15 is 0 Å². The Balaban J connectivity index is 2.82. The average Bonchev–Trinajstić information content (AvgIpc) is 2.31. The summed E-state index contributed by atoms with van der Waals surface area (Å²) in [7, 11) is 0. The van der Waals surface area contributed by atoms with Crippen molar-refractivity contribution in [2.45, 2.75) is 45.3 Å². The van der Waals surface area contributed by atoms with E-state index in [2.05, 4.69) is 5.32 Å². The van der Waals surface area contributed by atoms with Gasteiger partial charge in [-0.05, 0) is 38.8 Å². The van der Waals surface area contributed by atoms with E-state index in [0.29, 0.717) is 15.6 Å². The van der Waals surface area contributed by atoms with Gasteiger partial charge in [-0.1, -0.05) is 35.3 Å². The number of carboxylic acids is 1. The lowest BCUT2D eigenvalue weighted by molar-refractivity contribution is -0.137. The summed E-state index contributed by atoms with van der Waals surface area (Å²) >= 11 is 12.0. The van der Waals surface area contributed by atoms with Crippen LogP contribution in [-0.2, 0) is 16.0 Å². The number of aliphatic carboxylic acids is 1. The molecule has 1 unspecified atom stereocenters. The summed E-state index contributed by atoms with van der Waals surface area (Å²) < 4.78 is 5.14. The van der Waals surface area contributed by atoms with E-state index in [0.717, 1.165) is 0 Å². The minimum Gasteiger partial charge on any atom is -0.481 e. The molecule has 0 aliphatic heterocycles. The molecule has 1 amide bonds. The zero-order chi connectivity index (χ0) is 16.9. The summed E-state index contributed by atoms with van der Waals surface area (Å²) in [5.41, 5.74) is 0.00225. The summed E-state index contributed by atoms with van der Waals surface area (Å²) in [6, 6.07) is 4.44. The lowest BCUT2D eigenvalue weighted by Gasteiger charge is -2.23. The molecule has 0 bridgehead atoms. The fraction of sp³-hybridized carbons (Fsp3) is 0.467. The van der Waals surface area contributed by atoms with Crippen LogP contribution in [0.2, 0.25) is 10.0 Å². The molecule has 0 heterocycles. The van der Waals surface area contributed by atoms with Crippen molar-refractivity contribution in [3.05, 3.63) is 33.8 Å². The molecular weight excluding hydrogens is 329 g/mol. The number of benzene rings is 1. The Morgan fingerprint density at radius 2 is 1.95 bits per heavy atom. The molecule has 0 saturated heterocycles. The smallest absolute Gasteiger partial charge is 0.407 e. The highest BCUT2D eigenvalue weighted by Crippen LogP contribution is 2.26. The Morgan fingerprint density at radius 3 is 2.50 bits per heavy atom. The minimum absolute atomic E-state index is 0.241. The van der Waals surface area contributed by atoms with Crippen LogP contribution in [0, 0.1) is 0 Å². The molecule has 0 saturated carbocycles. The molecule has 0 aromatic heterocycles. The maximum Gasteiger partial charge on any atom is 0.407 e. The second-order valence-electron chi connectivity index (χ2n) is 5.86. The highest BCUT2D eigenvalue weighted by atomic mass is 35.5. The largest absolute Gasteiger partial charge is 0.481 e. The van der Waals surface area contributed by atoms with Gasteiger partial charge in [-0.15, -0.1) is 0 Å². The van der Waals surface area contributed by atoms with Crippen molar-refractivity contribution >= 4 is 35.3 Å². The quantitative estimate of drug-likeness (QED) is 0.846. The van der Waals surface area contributed by atoms with Gasteiger partial charge in [-0.2, -0.15) is 0 Å². The number of rotatable bonds is 5. The fourth-order valence-corrected chi connectivity index (χ4v) is 2.23. The SMILES string of the molecule is CC(C)(C)OC(=O)NC(CC(=O)O)Cc1cccc(Cl)c1Cl. The van der Waals surface area contributed by atoms with Crippen molar-refractivity contribution in [2.24, 2.45) is 0 Å². The van der Waals surface area contributed by atoms with Gasteiger partial charge in [0.25, 0.3) is 0 Å². The normalized spacial score (nSPS) is 12.6. The minimum atomic E-state index is -1.03. The van der Waals surface area contributed by atoms with Gasteiger partial charge in [0, 0.05) is 6.04 Å². The first kappa shape index (κ1) is 18.6. The van der Waals surface area contributed by atoms with Crippen LogP contribution in [0.1, 0.15) is 32.8 Å². The first-order chi connectivity index (χ1) is 10.1. The molecule has 2 N–H and O–H groups in total. The van der Waals surface area contributed by atoms with Gasteiger partial charge < -0.3 is 15.2 Å². The standard InChI is InChI=1S/C15H19Cl2NO4/c1-15(2,3)22-14(21)18-10(8-12(19)20)7-9-5-4-6-11(16)13(9)17/h4-6,10H,7-8H2,1-3H3,(H,18,21)(H,19,20). The summed E-state index contributed by atoms with van der Waals surface area (Å²) in [5, 5.41) is 12.3. The van der Waals surface area contributed by atoms with E-state index in [1.54, 1.807) is 39.0 Å². The zero-order valence-corrected chi connectivity index (χ0v) is 14.2. The van der Waals surface area contributed by atoms with Crippen LogP contribution in [-0.4, -0.2) is 28.8 Å². The molecule has 5 nitrogen and oxygen atoms in total. The van der Waals surface area contributed by atoms with Gasteiger partial charge in [-0.25, -0.2) is 4.79 Å². The van der Waals surface area contributed by atoms with Crippen molar-refractivity contribution in [1.29, 1.82) is 0 Å². The van der Waals surface area contributed by atoms with Crippen LogP contribution in [0.5, 0.6) is 0 Å². The summed E-state index contributed by atoms with van der Waals surface area (Å²) in [5.74, 6) is -1.03. The van der Waals surface area contributed by atoms with Gasteiger partial charge in [0.2, 0.25) is 0 Å². The average molecular weight is 348 g/mol. The molecule has 0 aliphatic carbocycles. The molecule has 7 heteroatoms. The number of halogens is 2. The number of nitrogens with one attached hydrogen (secondary N) is 1. The molecule has 1 aromatic rings. The third kappa shape index (κ3) is 6.54. The number of amides is 1. The summed E-state index contributed by atoms with van der Waals surface area (Å²) in [4.78, 5) is 22.8. The predicted molar refractivity (Wildman–Crippen MR) is 85.6 cm³/mol. The monoisotopic (exact) mass is 347 g/mol. The maximum atomic E-state index is 11.8. The predicted octanol–water partition coefficient (Wildman–Crippen LogP) is 3.90. The molecule has 0 spiro atoms. The van der Waals surface area contributed by atoms with Crippen LogP contribution in [0.15, 0.2) is 18.2 Å². The molecule has 0 aliphatic rings. The van der Waals surface area contributed by atoms with Gasteiger partial charge in [-0.3, -0.25) is 4.79 Å². The van der Waals surface area contributed by atoms with E-state index in [1.165, 1.54) is 0 Å². The van der Waals surface area contributed by atoms with E-state index in [4.69, 9.17) is 33.0 Å².